The predicted molar refractivity (Wildman–Crippen MR) is 58.0 cm³/mol. The van der Waals surface area contributed by atoms with Gasteiger partial charge in [0.2, 0.25) is 0 Å². The van der Waals surface area contributed by atoms with Gasteiger partial charge in [0.1, 0.15) is 0 Å². The van der Waals surface area contributed by atoms with Crippen molar-refractivity contribution < 1.29 is 4.74 Å². The molecule has 2 rings (SSSR count). The van der Waals surface area contributed by atoms with Crippen molar-refractivity contribution in [1.82, 2.24) is 0 Å². The van der Waals surface area contributed by atoms with E-state index in [4.69, 9.17) is 10.5 Å². The number of fused-ring (bicyclic) bond motifs is 1. The summed E-state index contributed by atoms with van der Waals surface area (Å²) in [6.45, 7) is 1.32. The van der Waals surface area contributed by atoms with E-state index in [9.17, 15) is 0 Å². The first-order chi connectivity index (χ1) is 5.77. The summed E-state index contributed by atoms with van der Waals surface area (Å²) in [6.07, 6.45) is 0. The molecule has 1 aliphatic rings. The molecule has 0 bridgehead atoms. The van der Waals surface area contributed by atoms with Crippen molar-refractivity contribution in [3.63, 3.8) is 0 Å². The highest BCUT2D eigenvalue weighted by molar-refractivity contribution is 9.10. The number of rotatable bonds is 0. The highest BCUT2D eigenvalue weighted by atomic mass is 79.9. The maximum atomic E-state index is 5.87. The fourth-order valence-corrected chi connectivity index (χ4v) is 1.81. The Morgan fingerprint density at radius 2 is 2.23 bits per heavy atom. The predicted octanol–water partition coefficient (Wildman–Crippen LogP) is 2.40. The summed E-state index contributed by atoms with van der Waals surface area (Å²) in [7, 11) is 0. The third-order valence-corrected chi connectivity index (χ3v) is 2.56. The van der Waals surface area contributed by atoms with Crippen molar-refractivity contribution in [1.29, 1.82) is 0 Å². The summed E-state index contributed by atoms with van der Waals surface area (Å²) < 4.78 is 6.39. The van der Waals surface area contributed by atoms with E-state index < -0.39 is 0 Å². The number of hydrogen-bond donors (Lipinski definition) is 1. The fourth-order valence-electron chi connectivity index (χ4n) is 1.43. The number of ether oxygens (including phenoxy) is 1. The van der Waals surface area contributed by atoms with Crippen LogP contribution in [-0.2, 0) is 11.3 Å². The van der Waals surface area contributed by atoms with Gasteiger partial charge in [0, 0.05) is 4.47 Å². The van der Waals surface area contributed by atoms with Crippen LogP contribution in [0.15, 0.2) is 22.7 Å². The lowest BCUT2D eigenvalue weighted by Crippen LogP contribution is -2.23. The highest BCUT2D eigenvalue weighted by Crippen LogP contribution is 2.25. The van der Waals surface area contributed by atoms with Crippen LogP contribution in [0.4, 0.5) is 0 Å². The van der Waals surface area contributed by atoms with E-state index in [1.807, 2.05) is 6.07 Å². The number of halogens is 2. The maximum absolute atomic E-state index is 5.87. The van der Waals surface area contributed by atoms with E-state index in [-0.39, 0.29) is 18.4 Å². The largest absolute Gasteiger partial charge is 0.375 e. The van der Waals surface area contributed by atoms with Crippen LogP contribution in [0.25, 0.3) is 0 Å². The number of benzene rings is 1. The number of hydrogen-bond acceptors (Lipinski definition) is 2. The first-order valence-electron chi connectivity index (χ1n) is 3.89. The molecule has 0 radical (unpaired) electrons. The van der Waals surface area contributed by atoms with Crippen molar-refractivity contribution in [2.24, 2.45) is 5.73 Å². The van der Waals surface area contributed by atoms with Crippen molar-refractivity contribution in [3.05, 3.63) is 33.8 Å². The van der Waals surface area contributed by atoms with Crippen LogP contribution in [-0.4, -0.2) is 6.61 Å². The first-order valence-corrected chi connectivity index (χ1v) is 4.68. The van der Waals surface area contributed by atoms with Crippen molar-refractivity contribution in [3.8, 4) is 0 Å². The van der Waals surface area contributed by atoms with Crippen molar-refractivity contribution in [2.45, 2.75) is 12.6 Å². The van der Waals surface area contributed by atoms with Crippen LogP contribution in [0, 0.1) is 0 Å². The molecule has 1 aromatic carbocycles. The lowest BCUT2D eigenvalue weighted by Gasteiger charge is -2.22. The molecule has 0 aromatic heterocycles. The smallest absolute Gasteiger partial charge is 0.0721 e. The summed E-state index contributed by atoms with van der Waals surface area (Å²) >= 11 is 3.42. The average Bonchev–Trinajstić information content (AvgIpc) is 2.07. The molecule has 1 unspecified atom stereocenters. The van der Waals surface area contributed by atoms with Gasteiger partial charge in [-0.1, -0.05) is 22.0 Å². The van der Waals surface area contributed by atoms with Gasteiger partial charge >= 0.3 is 0 Å². The van der Waals surface area contributed by atoms with E-state index in [1.165, 1.54) is 11.1 Å². The molecule has 2 N–H and O–H groups in total. The van der Waals surface area contributed by atoms with E-state index in [1.54, 1.807) is 0 Å². The fraction of sp³-hybridized carbons (Fsp3) is 0.333. The van der Waals surface area contributed by atoms with Gasteiger partial charge in [-0.2, -0.15) is 0 Å². The number of nitrogens with two attached hydrogens (primary N) is 1. The lowest BCUT2D eigenvalue weighted by atomic mass is 10.0. The summed E-state index contributed by atoms with van der Waals surface area (Å²) in [6, 6.07) is 6.17. The van der Waals surface area contributed by atoms with Crippen LogP contribution in [0.2, 0.25) is 0 Å². The molecule has 0 aliphatic carbocycles. The molecular weight excluding hydrogens is 253 g/mol. The molecule has 1 atom stereocenters. The van der Waals surface area contributed by atoms with Crippen molar-refractivity contribution >= 4 is 28.3 Å². The Hall–Kier alpha value is -0.0900. The van der Waals surface area contributed by atoms with Gasteiger partial charge in [-0.3, -0.25) is 0 Å². The Morgan fingerprint density at radius 3 is 3.00 bits per heavy atom. The van der Waals surface area contributed by atoms with Gasteiger partial charge in [-0.25, -0.2) is 0 Å². The SMILES string of the molecule is Cl.NC1COCc2ccc(Br)cc21. The second kappa shape index (κ2) is 4.42. The molecular formula is C9H11BrClNO. The molecule has 0 fully saturated rings. The van der Waals surface area contributed by atoms with Crippen LogP contribution >= 0.6 is 28.3 Å². The van der Waals surface area contributed by atoms with Crippen molar-refractivity contribution in [2.75, 3.05) is 6.61 Å². The second-order valence-electron chi connectivity index (χ2n) is 2.96. The summed E-state index contributed by atoms with van der Waals surface area (Å²) in [5, 5.41) is 0. The molecule has 1 heterocycles. The zero-order chi connectivity index (χ0) is 8.55. The Morgan fingerprint density at radius 1 is 1.46 bits per heavy atom. The molecule has 72 valence electrons. The minimum absolute atomic E-state index is 0. The quantitative estimate of drug-likeness (QED) is 0.781. The molecule has 0 spiro atoms. The van der Waals surface area contributed by atoms with E-state index in [0.29, 0.717) is 13.2 Å². The minimum Gasteiger partial charge on any atom is -0.375 e. The van der Waals surface area contributed by atoms with Gasteiger partial charge in [-0.05, 0) is 23.3 Å². The molecule has 0 saturated heterocycles. The third kappa shape index (κ3) is 2.23. The standard InChI is InChI=1S/C9H10BrNO.ClH/c10-7-2-1-6-4-12-5-9(11)8(6)3-7;/h1-3,9H,4-5,11H2;1H. The molecule has 2 nitrogen and oxygen atoms in total. The Kier molecular flexibility index (Phi) is 3.74. The van der Waals surface area contributed by atoms with E-state index in [2.05, 4.69) is 28.1 Å². The Labute approximate surface area is 92.0 Å². The average molecular weight is 265 g/mol. The molecule has 0 saturated carbocycles. The zero-order valence-corrected chi connectivity index (χ0v) is 9.40. The summed E-state index contributed by atoms with van der Waals surface area (Å²) in [4.78, 5) is 0. The molecule has 1 aromatic rings. The summed E-state index contributed by atoms with van der Waals surface area (Å²) in [5.74, 6) is 0. The topological polar surface area (TPSA) is 35.2 Å². The maximum Gasteiger partial charge on any atom is 0.0721 e. The van der Waals surface area contributed by atoms with Gasteiger partial charge in [0.15, 0.2) is 0 Å². The highest BCUT2D eigenvalue weighted by Gasteiger charge is 2.16. The minimum atomic E-state index is 0. The Balaban J connectivity index is 0.000000845. The van der Waals surface area contributed by atoms with Gasteiger partial charge < -0.3 is 10.5 Å². The Bertz CT molecular complexity index is 306. The molecule has 13 heavy (non-hydrogen) atoms. The summed E-state index contributed by atoms with van der Waals surface area (Å²) in [5.41, 5.74) is 8.28. The molecule has 4 heteroatoms. The van der Waals surface area contributed by atoms with Gasteiger partial charge in [-0.15, -0.1) is 12.4 Å². The first kappa shape index (κ1) is 11.0. The molecule has 0 amide bonds. The van der Waals surface area contributed by atoms with Crippen LogP contribution in [0.1, 0.15) is 17.2 Å². The van der Waals surface area contributed by atoms with E-state index in [0.717, 1.165) is 4.47 Å². The second-order valence-corrected chi connectivity index (χ2v) is 3.88. The zero-order valence-electron chi connectivity index (χ0n) is 7.00. The third-order valence-electron chi connectivity index (χ3n) is 2.06. The monoisotopic (exact) mass is 263 g/mol. The van der Waals surface area contributed by atoms with Gasteiger partial charge in [0.25, 0.3) is 0 Å². The molecule has 1 aliphatic heterocycles. The van der Waals surface area contributed by atoms with Crippen LogP contribution in [0.3, 0.4) is 0 Å². The van der Waals surface area contributed by atoms with Gasteiger partial charge in [0.05, 0.1) is 19.3 Å². The lowest BCUT2D eigenvalue weighted by molar-refractivity contribution is 0.0924. The van der Waals surface area contributed by atoms with Crippen LogP contribution in [0.5, 0.6) is 0 Å². The normalized spacial score (nSPS) is 20.3. The van der Waals surface area contributed by atoms with E-state index >= 15 is 0 Å². The van der Waals surface area contributed by atoms with Crippen LogP contribution < -0.4 is 5.73 Å².